The Balaban J connectivity index is 2.13. The van der Waals surface area contributed by atoms with Crippen LogP contribution < -0.4 is 11.1 Å². The van der Waals surface area contributed by atoms with Crippen LogP contribution in [0.1, 0.15) is 42.4 Å². The zero-order valence-corrected chi connectivity index (χ0v) is 16.7. The van der Waals surface area contributed by atoms with Gasteiger partial charge in [0.1, 0.15) is 0 Å². The Labute approximate surface area is 167 Å². The third kappa shape index (κ3) is 5.95. The van der Waals surface area contributed by atoms with E-state index in [-0.39, 0.29) is 23.8 Å². The summed E-state index contributed by atoms with van der Waals surface area (Å²) in [6.07, 6.45) is 0.512. The average Bonchev–Trinajstić information content (AvgIpc) is 2.58. The van der Waals surface area contributed by atoms with Gasteiger partial charge in [0.25, 0.3) is 5.91 Å². The molecule has 0 fully saturated rings. The summed E-state index contributed by atoms with van der Waals surface area (Å²) < 4.78 is 26.6. The molecule has 2 rings (SSSR count). The van der Waals surface area contributed by atoms with Crippen LogP contribution in [0.3, 0.4) is 0 Å². The molecule has 0 radical (unpaired) electrons. The molecule has 1 aromatic carbocycles. The van der Waals surface area contributed by atoms with Crippen molar-refractivity contribution in [2.75, 3.05) is 0 Å². The number of carbonyl (C=O) groups is 1. The summed E-state index contributed by atoms with van der Waals surface area (Å²) in [6.45, 7) is 5.58. The summed E-state index contributed by atoms with van der Waals surface area (Å²) in [5.41, 5.74) is 6.63. The van der Waals surface area contributed by atoms with E-state index in [2.05, 4.69) is 10.3 Å². The van der Waals surface area contributed by atoms with Crippen LogP contribution in [0.25, 0.3) is 0 Å². The van der Waals surface area contributed by atoms with Crippen LogP contribution in [0.15, 0.2) is 30.5 Å². The van der Waals surface area contributed by atoms with Gasteiger partial charge in [-0.2, -0.15) is 0 Å². The van der Waals surface area contributed by atoms with Crippen molar-refractivity contribution in [1.82, 2.24) is 10.3 Å². The van der Waals surface area contributed by atoms with Crippen LogP contribution in [-0.4, -0.2) is 33.7 Å². The number of aliphatic hydroxyl groups is 1. The van der Waals surface area contributed by atoms with Crippen molar-refractivity contribution in [2.45, 2.75) is 51.3 Å². The maximum absolute atomic E-state index is 13.4. The molecule has 152 valence electrons. The third-order valence-electron chi connectivity index (χ3n) is 4.07. The van der Waals surface area contributed by atoms with Crippen LogP contribution in [-0.2, 0) is 12.8 Å². The first-order valence-corrected chi connectivity index (χ1v) is 9.19. The summed E-state index contributed by atoms with van der Waals surface area (Å²) >= 11 is 5.93. The molecule has 0 aliphatic heterocycles. The van der Waals surface area contributed by atoms with E-state index in [1.165, 1.54) is 6.20 Å². The Morgan fingerprint density at radius 1 is 1.29 bits per heavy atom. The number of halogens is 3. The number of pyridine rings is 1. The average molecular weight is 412 g/mol. The van der Waals surface area contributed by atoms with Gasteiger partial charge >= 0.3 is 0 Å². The van der Waals surface area contributed by atoms with Crippen LogP contribution >= 0.6 is 11.6 Å². The minimum atomic E-state index is -1.07. The number of nitrogens with two attached hydrogens (primary N) is 1. The van der Waals surface area contributed by atoms with Crippen LogP contribution in [0.2, 0.25) is 5.02 Å². The number of aliphatic hydroxyl groups excluding tert-OH is 1. The Morgan fingerprint density at radius 3 is 2.57 bits per heavy atom. The van der Waals surface area contributed by atoms with Crippen LogP contribution in [0.4, 0.5) is 8.78 Å². The number of hydrogen-bond donors (Lipinski definition) is 3. The number of carbonyl (C=O) groups excluding carboxylic acids is 1. The van der Waals surface area contributed by atoms with E-state index in [1.54, 1.807) is 12.1 Å². The number of benzene rings is 1. The zero-order valence-electron chi connectivity index (χ0n) is 16.0. The number of amides is 1. The molecule has 2 unspecified atom stereocenters. The zero-order chi connectivity index (χ0) is 21.1. The molecule has 8 heteroatoms. The number of rotatable bonds is 6. The lowest BCUT2D eigenvalue weighted by Gasteiger charge is -2.23. The predicted molar refractivity (Wildman–Crippen MR) is 104 cm³/mol. The highest BCUT2D eigenvalue weighted by atomic mass is 35.5. The minimum absolute atomic E-state index is 0.0240. The number of nitrogens with one attached hydrogen (secondary N) is 1. The molecule has 4 N–H and O–H groups in total. The number of hydrogen-bond acceptors (Lipinski definition) is 4. The lowest BCUT2D eigenvalue weighted by molar-refractivity contribution is 0.0916. The molecule has 1 heterocycles. The van der Waals surface area contributed by atoms with Gasteiger partial charge in [-0.3, -0.25) is 9.78 Å². The maximum Gasteiger partial charge on any atom is 0.253 e. The molecule has 0 spiro atoms. The van der Waals surface area contributed by atoms with E-state index in [4.69, 9.17) is 17.3 Å². The monoisotopic (exact) mass is 411 g/mol. The van der Waals surface area contributed by atoms with Crippen molar-refractivity contribution in [2.24, 2.45) is 5.73 Å². The first-order chi connectivity index (χ1) is 13.0. The van der Waals surface area contributed by atoms with E-state index in [0.717, 1.165) is 12.1 Å². The van der Waals surface area contributed by atoms with Gasteiger partial charge in [-0.15, -0.1) is 0 Å². The molecule has 0 saturated carbocycles. The van der Waals surface area contributed by atoms with Gasteiger partial charge in [-0.25, -0.2) is 8.78 Å². The van der Waals surface area contributed by atoms with Crippen molar-refractivity contribution < 1.29 is 18.7 Å². The van der Waals surface area contributed by atoms with Crippen molar-refractivity contribution in [3.05, 3.63) is 63.9 Å². The minimum Gasteiger partial charge on any atom is -0.391 e. The van der Waals surface area contributed by atoms with Gasteiger partial charge in [0.15, 0.2) is 11.6 Å². The summed E-state index contributed by atoms with van der Waals surface area (Å²) in [5.74, 6) is -2.39. The van der Waals surface area contributed by atoms with E-state index in [1.807, 2.05) is 20.8 Å². The standard InChI is InChI=1S/C20H24ClF2N3O2/c1-20(2,3)26-19(28)12-5-4-6-25-17(12)10-18(27)16(24)8-11-7-14(22)15(23)9-13(11)21/h4-7,9,16,18,27H,8,10,24H2,1-3H3,(H,26,28). The Hall–Kier alpha value is -2.09. The molecule has 0 bridgehead atoms. The summed E-state index contributed by atoms with van der Waals surface area (Å²) in [7, 11) is 0. The molecule has 5 nitrogen and oxygen atoms in total. The van der Waals surface area contributed by atoms with Crippen LogP contribution in [0, 0.1) is 11.6 Å². The Morgan fingerprint density at radius 2 is 1.93 bits per heavy atom. The first kappa shape index (κ1) is 22.2. The molecule has 2 aromatic rings. The van der Waals surface area contributed by atoms with Crippen molar-refractivity contribution in [3.8, 4) is 0 Å². The second kappa shape index (κ2) is 8.94. The second-order valence-corrected chi connectivity index (χ2v) is 8.11. The fourth-order valence-corrected chi connectivity index (χ4v) is 2.90. The highest BCUT2D eigenvalue weighted by Gasteiger charge is 2.23. The molecule has 2 atom stereocenters. The summed E-state index contributed by atoms with van der Waals surface area (Å²) in [5, 5.41) is 13.4. The van der Waals surface area contributed by atoms with Gasteiger partial charge in [-0.05, 0) is 57.0 Å². The van der Waals surface area contributed by atoms with Gasteiger partial charge < -0.3 is 16.2 Å². The molecular weight excluding hydrogens is 388 g/mol. The summed E-state index contributed by atoms with van der Waals surface area (Å²) in [4.78, 5) is 16.7. The normalized spacial score (nSPS) is 13.9. The molecule has 28 heavy (non-hydrogen) atoms. The predicted octanol–water partition coefficient (Wildman–Crippen LogP) is 3.01. The Bertz CT molecular complexity index is 856. The topological polar surface area (TPSA) is 88.2 Å². The lowest BCUT2D eigenvalue weighted by Crippen LogP contribution is -2.42. The quantitative estimate of drug-likeness (QED) is 0.637. The van der Waals surface area contributed by atoms with Crippen molar-refractivity contribution in [1.29, 1.82) is 0 Å². The molecule has 1 amide bonds. The first-order valence-electron chi connectivity index (χ1n) is 8.81. The second-order valence-electron chi connectivity index (χ2n) is 7.70. The largest absolute Gasteiger partial charge is 0.391 e. The highest BCUT2D eigenvalue weighted by Crippen LogP contribution is 2.22. The van der Waals surface area contributed by atoms with Crippen LogP contribution in [0.5, 0.6) is 0 Å². The van der Waals surface area contributed by atoms with Gasteiger partial charge in [-0.1, -0.05) is 11.6 Å². The molecule has 0 aliphatic rings. The number of aromatic nitrogens is 1. The Kier molecular flexibility index (Phi) is 7.09. The molecule has 0 saturated heterocycles. The maximum atomic E-state index is 13.4. The van der Waals surface area contributed by atoms with Gasteiger partial charge in [0.2, 0.25) is 0 Å². The SMILES string of the molecule is CC(C)(C)NC(=O)c1cccnc1CC(O)C(N)Cc1cc(F)c(F)cc1Cl. The summed E-state index contributed by atoms with van der Waals surface area (Å²) in [6, 6.07) is 4.28. The van der Waals surface area contributed by atoms with E-state index < -0.39 is 29.3 Å². The number of nitrogens with zero attached hydrogens (tertiary/aromatic N) is 1. The highest BCUT2D eigenvalue weighted by molar-refractivity contribution is 6.31. The molecular formula is C20H24ClF2N3O2. The van der Waals surface area contributed by atoms with Gasteiger partial charge in [0, 0.05) is 29.2 Å². The molecule has 1 aromatic heterocycles. The van der Waals surface area contributed by atoms with Crippen molar-refractivity contribution in [3.63, 3.8) is 0 Å². The fraction of sp³-hybridized carbons (Fsp3) is 0.400. The fourth-order valence-electron chi connectivity index (χ4n) is 2.67. The van der Waals surface area contributed by atoms with E-state index >= 15 is 0 Å². The van der Waals surface area contributed by atoms with E-state index in [0.29, 0.717) is 16.8 Å². The van der Waals surface area contributed by atoms with Gasteiger partial charge in [0.05, 0.1) is 17.4 Å². The van der Waals surface area contributed by atoms with E-state index in [9.17, 15) is 18.7 Å². The van der Waals surface area contributed by atoms with Crippen molar-refractivity contribution >= 4 is 17.5 Å². The molecule has 0 aliphatic carbocycles. The third-order valence-corrected chi connectivity index (χ3v) is 4.42. The smallest absolute Gasteiger partial charge is 0.253 e. The lowest BCUT2D eigenvalue weighted by atomic mass is 9.96.